The van der Waals surface area contributed by atoms with Crippen LogP contribution in [0.2, 0.25) is 0 Å². The van der Waals surface area contributed by atoms with E-state index >= 15 is 0 Å². The molecule has 1 fully saturated rings. The monoisotopic (exact) mass is 551 g/mol. The van der Waals surface area contributed by atoms with Crippen molar-refractivity contribution in [2.75, 3.05) is 39.4 Å². The van der Waals surface area contributed by atoms with Gasteiger partial charge in [-0.2, -0.15) is 10.4 Å². The highest BCUT2D eigenvalue weighted by molar-refractivity contribution is 6.02. The summed E-state index contributed by atoms with van der Waals surface area (Å²) < 4.78 is 26.1. The summed E-state index contributed by atoms with van der Waals surface area (Å²) in [5, 5.41) is 17.5. The molecule has 5 rings (SSSR count). The zero-order valence-corrected chi connectivity index (χ0v) is 22.5. The van der Waals surface area contributed by atoms with E-state index < -0.39 is 5.91 Å². The zero-order valence-electron chi connectivity index (χ0n) is 22.5. The standard InChI is InChI=1S/C32H30FN5O3/c33-28-10-6-24(7-11-28)23-41-30-12-8-25(9-13-30)31-27(22-38(36-31)29-4-2-1-3-5-29)20-26(21-34)32(39)35-14-15-37-16-18-40-19-17-37/h1-13,20,22H,14-19,23H2,(H,35,39). The van der Waals surface area contributed by atoms with E-state index in [9.17, 15) is 14.4 Å². The van der Waals surface area contributed by atoms with E-state index in [1.165, 1.54) is 12.1 Å². The first-order valence-corrected chi connectivity index (χ1v) is 13.4. The number of ether oxygens (including phenoxy) is 2. The Kier molecular flexibility index (Phi) is 9.16. The largest absolute Gasteiger partial charge is 0.489 e. The molecule has 0 spiro atoms. The van der Waals surface area contributed by atoms with E-state index in [0.29, 0.717) is 49.9 Å². The van der Waals surface area contributed by atoms with Gasteiger partial charge in [0.2, 0.25) is 0 Å². The van der Waals surface area contributed by atoms with Crippen molar-refractivity contribution in [2.24, 2.45) is 0 Å². The van der Waals surface area contributed by atoms with Crippen molar-refractivity contribution in [1.29, 1.82) is 5.26 Å². The van der Waals surface area contributed by atoms with Crippen LogP contribution in [0, 0.1) is 17.1 Å². The molecule has 1 aromatic heterocycles. The summed E-state index contributed by atoms with van der Waals surface area (Å²) in [6.45, 7) is 4.47. The molecule has 41 heavy (non-hydrogen) atoms. The Labute approximate surface area is 238 Å². The first-order valence-electron chi connectivity index (χ1n) is 13.4. The molecule has 2 heterocycles. The SMILES string of the molecule is N#CC(=Cc1cn(-c2ccccc2)nc1-c1ccc(OCc2ccc(F)cc2)cc1)C(=O)NCCN1CCOCC1. The summed E-state index contributed by atoms with van der Waals surface area (Å²) in [7, 11) is 0. The zero-order chi connectivity index (χ0) is 28.4. The van der Waals surface area contributed by atoms with Gasteiger partial charge in [0.05, 0.1) is 24.6 Å². The number of rotatable bonds is 10. The van der Waals surface area contributed by atoms with Gasteiger partial charge in [-0.25, -0.2) is 9.07 Å². The molecule has 0 unspecified atom stereocenters. The number of para-hydroxylation sites is 1. The molecule has 208 valence electrons. The lowest BCUT2D eigenvalue weighted by Crippen LogP contribution is -2.41. The quantitative estimate of drug-likeness (QED) is 0.229. The van der Waals surface area contributed by atoms with Gasteiger partial charge in [-0.1, -0.05) is 30.3 Å². The van der Waals surface area contributed by atoms with Gasteiger partial charge in [-0.15, -0.1) is 0 Å². The van der Waals surface area contributed by atoms with Crippen LogP contribution in [0.25, 0.3) is 23.0 Å². The molecule has 0 aliphatic carbocycles. The fourth-order valence-corrected chi connectivity index (χ4v) is 4.44. The maximum atomic E-state index is 13.2. The summed E-state index contributed by atoms with van der Waals surface area (Å²) in [5.74, 6) is -0.0679. The number of halogens is 1. The van der Waals surface area contributed by atoms with Crippen LogP contribution in [-0.2, 0) is 16.1 Å². The normalized spacial score (nSPS) is 13.9. The molecule has 1 amide bonds. The third kappa shape index (κ3) is 7.45. The Morgan fingerprint density at radius 1 is 1.05 bits per heavy atom. The molecule has 0 atom stereocenters. The minimum Gasteiger partial charge on any atom is -0.489 e. The molecule has 1 N–H and O–H groups in total. The summed E-state index contributed by atoms with van der Waals surface area (Å²) in [6, 6.07) is 25.3. The third-order valence-electron chi connectivity index (χ3n) is 6.69. The number of carbonyl (C=O) groups is 1. The van der Waals surface area contributed by atoms with Gasteiger partial charge in [0.1, 0.15) is 29.8 Å². The molecule has 8 nitrogen and oxygen atoms in total. The lowest BCUT2D eigenvalue weighted by atomic mass is 10.1. The second kappa shape index (κ2) is 13.5. The van der Waals surface area contributed by atoms with Crippen LogP contribution in [0.1, 0.15) is 11.1 Å². The van der Waals surface area contributed by atoms with E-state index in [2.05, 4.69) is 10.2 Å². The average Bonchev–Trinajstić information content (AvgIpc) is 3.44. The van der Waals surface area contributed by atoms with Gasteiger partial charge >= 0.3 is 0 Å². The van der Waals surface area contributed by atoms with Gasteiger partial charge in [0.15, 0.2) is 0 Å². The fourth-order valence-electron chi connectivity index (χ4n) is 4.44. The van der Waals surface area contributed by atoms with E-state index in [-0.39, 0.29) is 11.4 Å². The van der Waals surface area contributed by atoms with Crippen molar-refractivity contribution in [2.45, 2.75) is 6.61 Å². The minimum absolute atomic E-state index is 0.0000838. The van der Waals surface area contributed by atoms with Crippen molar-refractivity contribution < 1.29 is 18.7 Å². The fraction of sp³-hybridized carbons (Fsp3) is 0.219. The molecule has 3 aromatic carbocycles. The number of aromatic nitrogens is 2. The molecule has 0 radical (unpaired) electrons. The van der Waals surface area contributed by atoms with E-state index in [4.69, 9.17) is 14.6 Å². The lowest BCUT2D eigenvalue weighted by Gasteiger charge is -2.26. The summed E-state index contributed by atoms with van der Waals surface area (Å²) in [5.41, 5.74) is 3.75. The Morgan fingerprint density at radius 3 is 2.49 bits per heavy atom. The number of nitrogens with one attached hydrogen (secondary N) is 1. The summed E-state index contributed by atoms with van der Waals surface area (Å²) >= 11 is 0. The Morgan fingerprint density at radius 2 is 1.78 bits per heavy atom. The molecule has 4 aromatic rings. The summed E-state index contributed by atoms with van der Waals surface area (Å²) in [4.78, 5) is 15.1. The molecular formula is C32H30FN5O3. The van der Waals surface area contributed by atoms with Gasteiger partial charge < -0.3 is 14.8 Å². The molecule has 1 aliphatic heterocycles. The van der Waals surface area contributed by atoms with Crippen LogP contribution in [0.5, 0.6) is 5.75 Å². The number of hydrogen-bond acceptors (Lipinski definition) is 6. The van der Waals surface area contributed by atoms with Crippen molar-refractivity contribution in [3.8, 4) is 28.8 Å². The van der Waals surface area contributed by atoms with Crippen molar-refractivity contribution >= 4 is 12.0 Å². The van der Waals surface area contributed by atoms with Crippen molar-refractivity contribution in [3.63, 3.8) is 0 Å². The molecule has 1 saturated heterocycles. The highest BCUT2D eigenvalue weighted by Gasteiger charge is 2.16. The number of morpholine rings is 1. The molecule has 1 aliphatic rings. The van der Waals surface area contributed by atoms with Gasteiger partial charge in [0, 0.05) is 43.5 Å². The van der Waals surface area contributed by atoms with Crippen molar-refractivity contribution in [1.82, 2.24) is 20.0 Å². The second-order valence-corrected chi connectivity index (χ2v) is 9.53. The minimum atomic E-state index is -0.427. The number of benzene rings is 3. The Balaban J connectivity index is 1.35. The molecule has 0 bridgehead atoms. The summed E-state index contributed by atoms with van der Waals surface area (Å²) in [6.07, 6.45) is 3.38. The molecule has 0 saturated carbocycles. The maximum absolute atomic E-state index is 13.2. The van der Waals surface area contributed by atoms with Gasteiger partial charge in [-0.05, 0) is 60.2 Å². The van der Waals surface area contributed by atoms with Crippen molar-refractivity contribution in [3.05, 3.63) is 108 Å². The molecular weight excluding hydrogens is 521 g/mol. The van der Waals surface area contributed by atoms with Crippen LogP contribution in [0.4, 0.5) is 4.39 Å². The van der Waals surface area contributed by atoms with Gasteiger partial charge in [-0.3, -0.25) is 9.69 Å². The second-order valence-electron chi connectivity index (χ2n) is 9.53. The number of nitrogens with zero attached hydrogens (tertiary/aromatic N) is 4. The van der Waals surface area contributed by atoms with Crippen LogP contribution in [0.3, 0.4) is 0 Å². The number of amides is 1. The molecule has 9 heteroatoms. The number of carbonyl (C=O) groups excluding carboxylic acids is 1. The maximum Gasteiger partial charge on any atom is 0.262 e. The van der Waals surface area contributed by atoms with Crippen LogP contribution in [0.15, 0.2) is 90.6 Å². The number of nitriles is 1. The lowest BCUT2D eigenvalue weighted by molar-refractivity contribution is -0.117. The Bertz CT molecular complexity index is 1520. The average molecular weight is 552 g/mol. The van der Waals surface area contributed by atoms with Gasteiger partial charge in [0.25, 0.3) is 5.91 Å². The Hall–Kier alpha value is -4.78. The predicted molar refractivity (Wildman–Crippen MR) is 154 cm³/mol. The predicted octanol–water partition coefficient (Wildman–Crippen LogP) is 4.61. The first kappa shape index (κ1) is 27.8. The topological polar surface area (TPSA) is 92.4 Å². The highest BCUT2D eigenvalue weighted by atomic mass is 19.1. The highest BCUT2D eigenvalue weighted by Crippen LogP contribution is 2.28. The first-order chi connectivity index (χ1) is 20.1. The van der Waals surface area contributed by atoms with E-state index in [0.717, 1.165) is 29.9 Å². The smallest absolute Gasteiger partial charge is 0.262 e. The van der Waals surface area contributed by atoms with Crippen LogP contribution in [-0.4, -0.2) is 60.0 Å². The van der Waals surface area contributed by atoms with Crippen LogP contribution >= 0.6 is 0 Å². The van der Waals surface area contributed by atoms with E-state index in [1.807, 2.05) is 66.9 Å². The number of hydrogen-bond donors (Lipinski definition) is 1. The van der Waals surface area contributed by atoms with Crippen LogP contribution < -0.4 is 10.1 Å². The third-order valence-corrected chi connectivity index (χ3v) is 6.69. The van der Waals surface area contributed by atoms with E-state index in [1.54, 1.807) is 22.9 Å².